The summed E-state index contributed by atoms with van der Waals surface area (Å²) < 4.78 is 34.6. The number of morpholine rings is 1. The first-order chi connectivity index (χ1) is 7.71. The highest BCUT2D eigenvalue weighted by Gasteiger charge is 2.43. The van der Waals surface area contributed by atoms with E-state index in [2.05, 4.69) is 4.74 Å². The number of carbonyl (C=O) groups excluding carboxylic acids is 1. The molecule has 1 unspecified atom stereocenters. The van der Waals surface area contributed by atoms with Gasteiger partial charge in [0.25, 0.3) is 0 Å². The molecular weight excluding hydrogens is 246 g/mol. The molecule has 1 fully saturated rings. The highest BCUT2D eigenvalue weighted by atomic mass is 32.2. The summed E-state index contributed by atoms with van der Waals surface area (Å²) in [4.78, 5) is 11.5. The molecule has 1 rings (SSSR count). The van der Waals surface area contributed by atoms with Crippen molar-refractivity contribution < 1.29 is 22.7 Å². The van der Waals surface area contributed by atoms with Crippen LogP contribution in [0, 0.1) is 0 Å². The van der Waals surface area contributed by atoms with Gasteiger partial charge in [0.05, 0.1) is 25.1 Å². The number of carbonyl (C=O) groups is 1. The van der Waals surface area contributed by atoms with Gasteiger partial charge in [0, 0.05) is 6.54 Å². The highest BCUT2D eigenvalue weighted by molar-refractivity contribution is 7.90. The molecule has 0 aromatic carbocycles. The van der Waals surface area contributed by atoms with E-state index in [0.717, 1.165) is 0 Å². The van der Waals surface area contributed by atoms with Crippen LogP contribution in [-0.2, 0) is 24.3 Å². The third kappa shape index (κ3) is 2.78. The van der Waals surface area contributed by atoms with Crippen LogP contribution in [0.15, 0.2) is 0 Å². The molecule has 0 bridgehead atoms. The quantitative estimate of drug-likeness (QED) is 0.657. The van der Waals surface area contributed by atoms with Crippen molar-refractivity contribution in [3.05, 3.63) is 0 Å². The summed E-state index contributed by atoms with van der Waals surface area (Å²) in [6.45, 7) is 5.33. The minimum atomic E-state index is -3.55. The molecule has 6 nitrogen and oxygen atoms in total. The molecule has 1 atom stereocenters. The number of ether oxygens (including phenoxy) is 2. The summed E-state index contributed by atoms with van der Waals surface area (Å²) in [7, 11) is -2.32. The maximum Gasteiger partial charge on any atom is 0.326 e. The van der Waals surface area contributed by atoms with Gasteiger partial charge in [-0.25, -0.2) is 8.42 Å². The first kappa shape index (κ1) is 14.4. The van der Waals surface area contributed by atoms with E-state index in [0.29, 0.717) is 6.61 Å². The molecule has 1 heterocycles. The Morgan fingerprint density at radius 3 is 2.47 bits per heavy atom. The zero-order valence-corrected chi connectivity index (χ0v) is 11.4. The smallest absolute Gasteiger partial charge is 0.326 e. The summed E-state index contributed by atoms with van der Waals surface area (Å²) in [5.41, 5.74) is 0. The SMILES string of the molecule is COC(=O)C1COCCN1S(=O)(=O)C(C)(C)C. The summed E-state index contributed by atoms with van der Waals surface area (Å²) in [6, 6.07) is -0.877. The summed E-state index contributed by atoms with van der Waals surface area (Å²) in [5, 5.41) is 0. The van der Waals surface area contributed by atoms with E-state index < -0.39 is 26.8 Å². The average Bonchev–Trinajstić information content (AvgIpc) is 2.26. The highest BCUT2D eigenvalue weighted by Crippen LogP contribution is 2.24. The number of sulfonamides is 1. The van der Waals surface area contributed by atoms with Crippen molar-refractivity contribution in [2.75, 3.05) is 26.9 Å². The molecule has 7 heteroatoms. The molecule has 0 N–H and O–H groups in total. The fraction of sp³-hybridized carbons (Fsp3) is 0.900. The zero-order valence-electron chi connectivity index (χ0n) is 10.6. The Balaban J connectivity index is 3.05. The summed E-state index contributed by atoms with van der Waals surface area (Å²) in [6.07, 6.45) is 0. The number of esters is 1. The molecule has 17 heavy (non-hydrogen) atoms. The van der Waals surface area contributed by atoms with E-state index in [1.807, 2.05) is 0 Å². The first-order valence-electron chi connectivity index (χ1n) is 5.39. The van der Waals surface area contributed by atoms with Gasteiger partial charge in [-0.15, -0.1) is 0 Å². The van der Waals surface area contributed by atoms with Gasteiger partial charge >= 0.3 is 5.97 Å². The van der Waals surface area contributed by atoms with Crippen molar-refractivity contribution in [3.8, 4) is 0 Å². The van der Waals surface area contributed by atoms with Gasteiger partial charge in [0.15, 0.2) is 0 Å². The minimum absolute atomic E-state index is 0.0436. The lowest BCUT2D eigenvalue weighted by Gasteiger charge is -2.36. The lowest BCUT2D eigenvalue weighted by Crippen LogP contribution is -2.56. The molecule has 1 aliphatic heterocycles. The molecule has 1 aliphatic rings. The Bertz CT molecular complexity index is 384. The van der Waals surface area contributed by atoms with Crippen LogP contribution in [0.1, 0.15) is 20.8 Å². The van der Waals surface area contributed by atoms with Gasteiger partial charge in [-0.05, 0) is 20.8 Å². The third-order valence-corrected chi connectivity index (χ3v) is 5.24. The second-order valence-corrected chi connectivity index (χ2v) is 7.49. The number of nitrogens with zero attached hydrogens (tertiary/aromatic N) is 1. The first-order valence-corrected chi connectivity index (χ1v) is 6.83. The van der Waals surface area contributed by atoms with Crippen LogP contribution in [0.4, 0.5) is 0 Å². The third-order valence-electron chi connectivity index (χ3n) is 2.64. The number of hydrogen-bond acceptors (Lipinski definition) is 5. The van der Waals surface area contributed by atoms with Crippen molar-refractivity contribution in [2.24, 2.45) is 0 Å². The molecule has 1 saturated heterocycles. The molecule has 0 saturated carbocycles. The van der Waals surface area contributed by atoms with Gasteiger partial charge < -0.3 is 9.47 Å². The maximum absolute atomic E-state index is 12.3. The van der Waals surface area contributed by atoms with Crippen molar-refractivity contribution >= 4 is 16.0 Å². The van der Waals surface area contributed by atoms with Gasteiger partial charge in [-0.3, -0.25) is 4.79 Å². The normalized spacial score (nSPS) is 23.4. The van der Waals surface area contributed by atoms with E-state index in [4.69, 9.17) is 4.74 Å². The Labute approximate surface area is 102 Å². The van der Waals surface area contributed by atoms with Crippen LogP contribution in [0.3, 0.4) is 0 Å². The number of hydrogen-bond donors (Lipinski definition) is 0. The molecule has 0 aliphatic carbocycles. The number of rotatable bonds is 2. The second-order valence-electron chi connectivity index (χ2n) is 4.84. The second kappa shape index (κ2) is 4.91. The van der Waals surface area contributed by atoms with E-state index in [9.17, 15) is 13.2 Å². The summed E-state index contributed by atoms with van der Waals surface area (Å²) >= 11 is 0. The van der Waals surface area contributed by atoms with Gasteiger partial charge in [-0.2, -0.15) is 4.31 Å². The minimum Gasteiger partial charge on any atom is -0.468 e. The fourth-order valence-corrected chi connectivity index (χ4v) is 3.05. The van der Waals surface area contributed by atoms with E-state index in [-0.39, 0.29) is 13.2 Å². The van der Waals surface area contributed by atoms with Crippen molar-refractivity contribution in [1.82, 2.24) is 4.31 Å². The van der Waals surface area contributed by atoms with Gasteiger partial charge in [0.2, 0.25) is 10.0 Å². The Morgan fingerprint density at radius 1 is 1.41 bits per heavy atom. The van der Waals surface area contributed by atoms with Gasteiger partial charge in [-0.1, -0.05) is 0 Å². The van der Waals surface area contributed by atoms with Crippen LogP contribution >= 0.6 is 0 Å². The molecular formula is C10H19NO5S. The molecule has 0 aromatic rings. The summed E-state index contributed by atoms with van der Waals surface area (Å²) in [5.74, 6) is -0.586. The fourth-order valence-electron chi connectivity index (χ4n) is 1.55. The topological polar surface area (TPSA) is 72.9 Å². The van der Waals surface area contributed by atoms with E-state index in [1.54, 1.807) is 20.8 Å². The Kier molecular flexibility index (Phi) is 4.16. The van der Waals surface area contributed by atoms with Crippen LogP contribution in [-0.4, -0.2) is 56.3 Å². The molecule has 0 spiro atoms. The van der Waals surface area contributed by atoms with Crippen molar-refractivity contribution in [1.29, 1.82) is 0 Å². The van der Waals surface area contributed by atoms with Crippen LogP contribution in [0.2, 0.25) is 0 Å². The largest absolute Gasteiger partial charge is 0.468 e. The van der Waals surface area contributed by atoms with Crippen molar-refractivity contribution in [2.45, 2.75) is 31.6 Å². The van der Waals surface area contributed by atoms with E-state index in [1.165, 1.54) is 11.4 Å². The predicted molar refractivity (Wildman–Crippen MR) is 62.0 cm³/mol. The van der Waals surface area contributed by atoms with Crippen molar-refractivity contribution in [3.63, 3.8) is 0 Å². The van der Waals surface area contributed by atoms with Crippen LogP contribution < -0.4 is 0 Å². The predicted octanol–water partition coefficient (Wildman–Crippen LogP) is -0.0115. The lowest BCUT2D eigenvalue weighted by molar-refractivity contribution is -0.149. The lowest BCUT2D eigenvalue weighted by atomic mass is 10.3. The Hall–Kier alpha value is -0.660. The van der Waals surface area contributed by atoms with Gasteiger partial charge in [0.1, 0.15) is 6.04 Å². The number of methoxy groups -OCH3 is 1. The molecule has 0 aromatic heterocycles. The molecule has 0 amide bonds. The zero-order chi connectivity index (χ0) is 13.3. The molecule has 100 valence electrons. The Morgan fingerprint density at radius 2 is 2.00 bits per heavy atom. The van der Waals surface area contributed by atoms with E-state index >= 15 is 0 Å². The average molecular weight is 265 g/mol. The van der Waals surface area contributed by atoms with Crippen LogP contribution in [0.5, 0.6) is 0 Å². The molecule has 0 radical (unpaired) electrons. The standard InChI is InChI=1S/C10H19NO5S/c1-10(2,3)17(13,14)11-5-6-16-7-8(11)9(12)15-4/h8H,5-7H2,1-4H3. The van der Waals surface area contributed by atoms with Crippen LogP contribution in [0.25, 0.3) is 0 Å². The monoisotopic (exact) mass is 265 g/mol. The maximum atomic E-state index is 12.3.